The minimum atomic E-state index is -1.69. The monoisotopic (exact) mass is 924 g/mol. The van der Waals surface area contributed by atoms with Crippen molar-refractivity contribution >= 4 is 59.1 Å². The van der Waals surface area contributed by atoms with Gasteiger partial charge in [0.1, 0.15) is 48.3 Å². The fraction of sp³-hybridized carbons (Fsp3) is 0.667. The largest absolute Gasteiger partial charge is 0.480 e. The first-order chi connectivity index (χ1) is 30.5. The second kappa shape index (κ2) is 26.5. The van der Waals surface area contributed by atoms with Crippen LogP contribution in [0.25, 0.3) is 0 Å². The van der Waals surface area contributed by atoms with E-state index in [1.165, 1.54) is 31.3 Å². The van der Waals surface area contributed by atoms with Crippen molar-refractivity contribution in [1.29, 1.82) is 0 Å². The lowest BCUT2D eigenvalue weighted by Gasteiger charge is -2.31. The third kappa shape index (κ3) is 17.7. The number of likely N-dealkylation sites (tertiary alicyclic amines) is 1. The number of H-pyrrole nitrogens is 1. The van der Waals surface area contributed by atoms with Crippen LogP contribution in [0, 0.1) is 11.8 Å². The van der Waals surface area contributed by atoms with Gasteiger partial charge >= 0.3 is 5.97 Å². The summed E-state index contributed by atoms with van der Waals surface area (Å²) in [5.41, 5.74) is 5.78. The van der Waals surface area contributed by atoms with Crippen LogP contribution in [0.15, 0.2) is 12.5 Å². The van der Waals surface area contributed by atoms with Crippen LogP contribution in [0.5, 0.6) is 0 Å². The molecule has 0 radical (unpaired) electrons. The molecule has 1 aromatic heterocycles. The number of aliphatic hydroxyl groups is 3. The number of nitrogens with two attached hydrogens (primary N) is 1. The van der Waals surface area contributed by atoms with Gasteiger partial charge in [-0.3, -0.25) is 43.2 Å². The lowest BCUT2D eigenvalue weighted by Crippen LogP contribution is -2.61. The van der Waals surface area contributed by atoms with E-state index in [-0.39, 0.29) is 31.7 Å². The predicted octanol–water partition coefficient (Wildman–Crippen LogP) is -6.42. The first-order valence-electron chi connectivity index (χ1n) is 21.0. The maximum atomic E-state index is 14.1. The third-order valence-electron chi connectivity index (χ3n) is 10.1. The molecule has 364 valence electrons. The normalized spacial score (nSPS) is 17.2. The smallest absolute Gasteiger partial charge is 0.326 e. The number of hydrogen-bond donors (Lipinski definition) is 14. The van der Waals surface area contributed by atoms with Gasteiger partial charge in [0.2, 0.25) is 53.2 Å². The molecule has 26 heteroatoms. The van der Waals surface area contributed by atoms with Crippen molar-refractivity contribution in [2.45, 2.75) is 122 Å². The number of carbonyl (C=O) groups excluding carboxylic acids is 9. The molecule has 1 aromatic rings. The SMILES string of the molecule is CC(C)C[C@H](NC(=O)[C@@H](NC(=O)[C@H](Cc1cnc[nH]1)NC(=O)CNC(=O)[C@H](CO)NC(=O)[C@@H](N)CO)[C@@H](C)O)C(=O)N1CCC[C@H]1C(=O)N[C@@H](C)C(=O)NCC(=O)N[C@H](C(=O)O)C(C)C. The fourth-order valence-corrected chi connectivity index (χ4v) is 6.47. The van der Waals surface area contributed by atoms with Crippen molar-refractivity contribution in [2.24, 2.45) is 17.6 Å². The number of nitrogens with zero attached hydrogens (tertiary/aromatic N) is 2. The average Bonchev–Trinajstić information content (AvgIpc) is 3.96. The number of amides is 9. The van der Waals surface area contributed by atoms with Crippen molar-refractivity contribution in [3.05, 3.63) is 18.2 Å². The molecule has 0 bridgehead atoms. The van der Waals surface area contributed by atoms with Gasteiger partial charge < -0.3 is 78.6 Å². The minimum Gasteiger partial charge on any atom is -0.480 e. The summed E-state index contributed by atoms with van der Waals surface area (Å²) in [6.45, 7) is 6.48. The Balaban J connectivity index is 2.15. The van der Waals surface area contributed by atoms with Crippen LogP contribution in [-0.4, -0.2) is 182 Å². The molecule has 0 aromatic carbocycles. The minimum absolute atomic E-state index is 0.0651. The second-order valence-corrected chi connectivity index (χ2v) is 16.3. The Kier molecular flexibility index (Phi) is 22.4. The summed E-state index contributed by atoms with van der Waals surface area (Å²) in [4.78, 5) is 137. The number of carbonyl (C=O) groups is 10. The second-order valence-electron chi connectivity index (χ2n) is 16.3. The highest BCUT2D eigenvalue weighted by molar-refractivity contribution is 5.98. The van der Waals surface area contributed by atoms with Gasteiger partial charge in [-0.05, 0) is 44.9 Å². The zero-order valence-corrected chi connectivity index (χ0v) is 37.2. The molecule has 1 saturated heterocycles. The van der Waals surface area contributed by atoms with Crippen LogP contribution in [-0.2, 0) is 54.4 Å². The van der Waals surface area contributed by atoms with Crippen molar-refractivity contribution in [3.8, 4) is 0 Å². The molecule has 9 atom stereocenters. The number of aromatic amines is 1. The summed E-state index contributed by atoms with van der Waals surface area (Å²) < 4.78 is 0. The number of carboxylic acids is 1. The molecular weight excluding hydrogens is 860 g/mol. The molecule has 26 nitrogen and oxygen atoms in total. The van der Waals surface area contributed by atoms with Crippen molar-refractivity contribution in [2.75, 3.05) is 32.8 Å². The Bertz CT molecular complexity index is 1830. The zero-order chi connectivity index (χ0) is 49.1. The molecule has 15 N–H and O–H groups in total. The molecule has 9 amide bonds. The quantitative estimate of drug-likeness (QED) is 0.0411. The molecule has 1 aliphatic rings. The molecule has 2 rings (SSSR count). The summed E-state index contributed by atoms with van der Waals surface area (Å²) >= 11 is 0. The van der Waals surface area contributed by atoms with E-state index >= 15 is 0 Å². The van der Waals surface area contributed by atoms with E-state index in [0.717, 1.165) is 0 Å². The molecule has 0 aliphatic carbocycles. The maximum absolute atomic E-state index is 14.1. The van der Waals surface area contributed by atoms with Crippen LogP contribution in [0.3, 0.4) is 0 Å². The number of rotatable bonds is 26. The summed E-state index contributed by atoms with van der Waals surface area (Å²) in [6, 6.07) is -10.7. The van der Waals surface area contributed by atoms with E-state index in [0.29, 0.717) is 12.1 Å². The highest BCUT2D eigenvalue weighted by atomic mass is 16.4. The number of aromatic nitrogens is 2. The van der Waals surface area contributed by atoms with Gasteiger partial charge in [-0.2, -0.15) is 0 Å². The Hall–Kier alpha value is -6.25. The van der Waals surface area contributed by atoms with E-state index in [4.69, 9.17) is 10.8 Å². The lowest BCUT2D eigenvalue weighted by molar-refractivity contribution is -0.143. The Labute approximate surface area is 374 Å². The average molecular weight is 925 g/mol. The lowest BCUT2D eigenvalue weighted by atomic mass is 10.0. The number of aliphatic carboxylic acids is 1. The van der Waals surface area contributed by atoms with Crippen LogP contribution < -0.4 is 48.3 Å². The molecule has 0 unspecified atom stereocenters. The Morgan fingerprint density at radius 3 is 1.91 bits per heavy atom. The molecule has 0 saturated carbocycles. The van der Waals surface area contributed by atoms with Gasteiger partial charge in [-0.25, -0.2) is 9.78 Å². The number of hydrogen-bond acceptors (Lipinski definition) is 15. The number of imidazole rings is 1. The molecule has 0 spiro atoms. The van der Waals surface area contributed by atoms with Gasteiger partial charge in [-0.1, -0.05) is 27.7 Å². The molecule has 2 heterocycles. The Morgan fingerprint density at radius 1 is 0.754 bits per heavy atom. The molecule has 65 heavy (non-hydrogen) atoms. The first-order valence-corrected chi connectivity index (χ1v) is 21.0. The molecule has 1 fully saturated rings. The fourth-order valence-electron chi connectivity index (χ4n) is 6.47. The molecular formula is C39H64N12O14. The highest BCUT2D eigenvalue weighted by Crippen LogP contribution is 2.21. The Morgan fingerprint density at radius 2 is 1.37 bits per heavy atom. The van der Waals surface area contributed by atoms with Gasteiger partial charge in [0, 0.05) is 24.9 Å². The van der Waals surface area contributed by atoms with Crippen molar-refractivity contribution in [3.63, 3.8) is 0 Å². The van der Waals surface area contributed by atoms with Gasteiger partial charge in [0.25, 0.3) is 0 Å². The van der Waals surface area contributed by atoms with Gasteiger partial charge in [-0.15, -0.1) is 0 Å². The van der Waals surface area contributed by atoms with E-state index in [2.05, 4.69) is 52.5 Å². The van der Waals surface area contributed by atoms with Crippen LogP contribution in [0.2, 0.25) is 0 Å². The zero-order valence-electron chi connectivity index (χ0n) is 37.2. The van der Waals surface area contributed by atoms with Gasteiger partial charge in [0.05, 0.1) is 38.7 Å². The third-order valence-corrected chi connectivity index (χ3v) is 10.1. The first kappa shape index (κ1) is 54.9. The van der Waals surface area contributed by atoms with E-state index in [9.17, 15) is 63.3 Å². The van der Waals surface area contributed by atoms with E-state index in [1.54, 1.807) is 27.7 Å². The number of carboxylic acid groups (broad SMARTS) is 1. The summed E-state index contributed by atoms with van der Waals surface area (Å²) in [5, 5.41) is 57.5. The topological polar surface area (TPSA) is 406 Å². The van der Waals surface area contributed by atoms with Crippen molar-refractivity contribution in [1.82, 2.24) is 57.4 Å². The highest BCUT2D eigenvalue weighted by Gasteiger charge is 2.40. The summed E-state index contributed by atoms with van der Waals surface area (Å²) in [5.74, 6) is -9.54. The van der Waals surface area contributed by atoms with Gasteiger partial charge in [0.15, 0.2) is 0 Å². The predicted molar refractivity (Wildman–Crippen MR) is 226 cm³/mol. The van der Waals surface area contributed by atoms with Crippen molar-refractivity contribution < 1.29 is 68.4 Å². The summed E-state index contributed by atoms with van der Waals surface area (Å²) in [7, 11) is 0. The maximum Gasteiger partial charge on any atom is 0.326 e. The standard InChI is InChI=1S/C39H64N12O14/c1-18(2)10-25(38(63)51-9-7-8-27(51)36(61)45-20(5)32(57)42-14-29(56)49-30(19(3)4)39(64)65)47-37(62)31(21(6)54)50-35(60)24(11-22-12-41-17-44-22)46-28(55)13-43-34(59)26(16-53)48-33(58)23(40)15-52/h12,17-21,23-27,30-31,52-54H,7-11,13-16,40H2,1-6H3,(H,41,44)(H,42,57)(H,43,59)(H,45,61)(H,46,55)(H,47,62)(H,48,58)(H,49,56)(H,50,60)(H,64,65)/t20-,21+,23-,24-,25-,26-,27-,30-,31-/m0/s1. The van der Waals surface area contributed by atoms with Crippen LogP contribution >= 0.6 is 0 Å². The van der Waals surface area contributed by atoms with E-state index in [1.807, 2.05) is 0 Å². The molecule has 1 aliphatic heterocycles. The number of nitrogens with one attached hydrogen (secondary N) is 9. The van der Waals surface area contributed by atoms with E-state index < -0.39 is 146 Å². The van der Waals surface area contributed by atoms with Crippen LogP contribution in [0.4, 0.5) is 0 Å². The number of aliphatic hydroxyl groups excluding tert-OH is 3. The van der Waals surface area contributed by atoms with Crippen LogP contribution in [0.1, 0.15) is 66.5 Å². The summed E-state index contributed by atoms with van der Waals surface area (Å²) in [6.07, 6.45) is 1.55.